The molecule has 0 saturated heterocycles. The zero-order chi connectivity index (χ0) is 22.6. The van der Waals surface area contributed by atoms with Crippen LogP contribution in [0, 0.1) is 6.92 Å². The van der Waals surface area contributed by atoms with E-state index in [2.05, 4.69) is 15.6 Å². The molecule has 31 heavy (non-hydrogen) atoms. The van der Waals surface area contributed by atoms with Gasteiger partial charge < -0.3 is 10.6 Å². The van der Waals surface area contributed by atoms with Crippen LogP contribution in [0.5, 0.6) is 0 Å². The number of hydrogen-bond acceptors (Lipinski definition) is 6. The molecule has 3 rings (SSSR count). The van der Waals surface area contributed by atoms with E-state index in [9.17, 15) is 22.8 Å². The number of aromatic nitrogens is 1. The van der Waals surface area contributed by atoms with Gasteiger partial charge in [-0.05, 0) is 30.7 Å². The molecule has 0 radical (unpaired) electrons. The minimum atomic E-state index is -4.50. The summed E-state index contributed by atoms with van der Waals surface area (Å²) < 4.78 is 38.0. The smallest absolute Gasteiger partial charge is 0.387 e. The normalized spacial score (nSPS) is 11.3. The van der Waals surface area contributed by atoms with E-state index in [4.69, 9.17) is 0 Å². The van der Waals surface area contributed by atoms with E-state index < -0.39 is 17.1 Å². The molecule has 2 aromatic carbocycles. The Morgan fingerprint density at radius 1 is 1.19 bits per heavy atom. The average Bonchev–Trinajstić information content (AvgIpc) is 3.22. The van der Waals surface area contributed by atoms with Crippen molar-refractivity contribution in [2.75, 3.05) is 12.4 Å². The van der Waals surface area contributed by atoms with Crippen LogP contribution >= 0.6 is 23.1 Å². The third-order valence-corrected chi connectivity index (χ3v) is 6.60. The van der Waals surface area contributed by atoms with Crippen LogP contribution in [-0.4, -0.2) is 24.2 Å². The van der Waals surface area contributed by atoms with Crippen molar-refractivity contribution in [1.29, 1.82) is 0 Å². The van der Waals surface area contributed by atoms with Gasteiger partial charge in [-0.1, -0.05) is 30.0 Å². The highest BCUT2D eigenvalue weighted by atomic mass is 32.2. The number of halogens is 3. The lowest BCUT2D eigenvalue weighted by atomic mass is 10.1. The lowest BCUT2D eigenvalue weighted by Gasteiger charge is -2.16. The Morgan fingerprint density at radius 2 is 1.94 bits per heavy atom. The Hall–Kier alpha value is -2.85. The third-order valence-electron chi connectivity index (χ3n) is 4.41. The summed E-state index contributed by atoms with van der Waals surface area (Å²) in [6.07, 6.45) is -2.59. The summed E-state index contributed by atoms with van der Waals surface area (Å²) in [4.78, 5) is 29.2. The van der Waals surface area contributed by atoms with Gasteiger partial charge in [0.2, 0.25) is 0 Å². The second-order valence-electron chi connectivity index (χ2n) is 6.43. The van der Waals surface area contributed by atoms with Crippen LogP contribution in [0.3, 0.4) is 0 Å². The maximum atomic E-state index is 12.7. The molecule has 1 amide bonds. The topological polar surface area (TPSA) is 71.1 Å². The van der Waals surface area contributed by atoms with Crippen molar-refractivity contribution >= 4 is 41.0 Å². The van der Waals surface area contributed by atoms with Gasteiger partial charge in [0, 0.05) is 39.0 Å². The fraction of sp³-hybridized carbons (Fsp3) is 0.190. The number of anilines is 1. The number of nitrogens with zero attached hydrogens (tertiary/aromatic N) is 1. The average molecular weight is 466 g/mol. The molecule has 0 aliphatic heterocycles. The first-order valence-corrected chi connectivity index (χ1v) is 10.7. The summed E-state index contributed by atoms with van der Waals surface area (Å²) in [5.41, 5.74) is 2.39. The maximum Gasteiger partial charge on any atom is 0.443 e. The number of nitrogens with one attached hydrogen (secondary N) is 2. The van der Waals surface area contributed by atoms with Crippen molar-refractivity contribution < 1.29 is 22.8 Å². The summed E-state index contributed by atoms with van der Waals surface area (Å²) >= 11 is 1.90. The van der Waals surface area contributed by atoms with Gasteiger partial charge in [-0.25, -0.2) is 4.98 Å². The van der Waals surface area contributed by atoms with Crippen molar-refractivity contribution in [3.05, 3.63) is 69.2 Å². The molecule has 1 heterocycles. The second-order valence-corrected chi connectivity index (χ2v) is 8.63. The fourth-order valence-electron chi connectivity index (χ4n) is 2.90. The molecule has 0 spiro atoms. The Kier molecular flexibility index (Phi) is 7.01. The van der Waals surface area contributed by atoms with Crippen LogP contribution in [0.25, 0.3) is 0 Å². The SMILES string of the molecule is CNc1c(Sc2ccccc2C=O)ccc(C(=O)NCc2cnc(C(F)(F)F)s2)c1C. The quantitative estimate of drug-likeness (QED) is 0.457. The van der Waals surface area contributed by atoms with Gasteiger partial charge in [0.25, 0.3) is 5.91 Å². The summed E-state index contributed by atoms with van der Waals surface area (Å²) in [6.45, 7) is 1.73. The molecule has 1 aromatic heterocycles. The predicted octanol–water partition coefficient (Wildman–Crippen LogP) is 5.41. The van der Waals surface area contributed by atoms with Gasteiger partial charge in [0.1, 0.15) is 0 Å². The largest absolute Gasteiger partial charge is 0.443 e. The van der Waals surface area contributed by atoms with Crippen molar-refractivity contribution in [3.8, 4) is 0 Å². The highest BCUT2D eigenvalue weighted by molar-refractivity contribution is 7.99. The van der Waals surface area contributed by atoms with Crippen LogP contribution < -0.4 is 10.6 Å². The first kappa shape index (κ1) is 22.8. The number of amides is 1. The molecular formula is C21H18F3N3O2S2. The van der Waals surface area contributed by atoms with Crippen LogP contribution in [0.1, 0.15) is 36.2 Å². The maximum absolute atomic E-state index is 12.7. The van der Waals surface area contributed by atoms with Crippen LogP contribution in [0.15, 0.2) is 52.4 Å². The van der Waals surface area contributed by atoms with E-state index in [1.807, 2.05) is 12.1 Å². The summed E-state index contributed by atoms with van der Waals surface area (Å²) in [5.74, 6) is -0.402. The van der Waals surface area contributed by atoms with Gasteiger partial charge in [-0.15, -0.1) is 11.3 Å². The fourth-order valence-corrected chi connectivity index (χ4v) is 4.73. The predicted molar refractivity (Wildman–Crippen MR) is 115 cm³/mol. The third kappa shape index (κ3) is 5.26. The molecule has 162 valence electrons. The van der Waals surface area contributed by atoms with Crippen molar-refractivity contribution in [3.63, 3.8) is 0 Å². The van der Waals surface area contributed by atoms with Gasteiger partial charge in [-0.2, -0.15) is 13.2 Å². The number of benzene rings is 2. The Morgan fingerprint density at radius 3 is 2.58 bits per heavy atom. The number of carbonyl (C=O) groups is 2. The van der Waals surface area contributed by atoms with Crippen LogP contribution in [-0.2, 0) is 12.7 Å². The molecule has 2 N–H and O–H groups in total. The summed E-state index contributed by atoms with van der Waals surface area (Å²) in [5, 5.41) is 4.79. The van der Waals surface area contributed by atoms with Gasteiger partial charge >= 0.3 is 6.18 Å². The number of aldehydes is 1. The van der Waals surface area contributed by atoms with E-state index >= 15 is 0 Å². The monoisotopic (exact) mass is 465 g/mol. The molecule has 0 fully saturated rings. The molecule has 0 unspecified atom stereocenters. The molecule has 0 aliphatic carbocycles. The highest BCUT2D eigenvalue weighted by Crippen LogP contribution is 2.38. The van der Waals surface area contributed by atoms with Gasteiger partial charge in [0.05, 0.1) is 12.2 Å². The van der Waals surface area contributed by atoms with Gasteiger partial charge in [-0.3, -0.25) is 9.59 Å². The Labute approximate surface area is 185 Å². The minimum Gasteiger partial charge on any atom is -0.387 e. The zero-order valence-electron chi connectivity index (χ0n) is 16.5. The lowest BCUT2D eigenvalue weighted by Crippen LogP contribution is -2.23. The van der Waals surface area contributed by atoms with E-state index in [1.54, 1.807) is 38.2 Å². The van der Waals surface area contributed by atoms with Crippen LogP contribution in [0.2, 0.25) is 0 Å². The zero-order valence-corrected chi connectivity index (χ0v) is 18.2. The van der Waals surface area contributed by atoms with Gasteiger partial charge in [0.15, 0.2) is 11.3 Å². The van der Waals surface area contributed by atoms with Crippen molar-refractivity contribution in [2.24, 2.45) is 0 Å². The lowest BCUT2D eigenvalue weighted by molar-refractivity contribution is -0.137. The van der Waals surface area contributed by atoms with Crippen molar-refractivity contribution in [1.82, 2.24) is 10.3 Å². The molecular weight excluding hydrogens is 447 g/mol. The minimum absolute atomic E-state index is 0.0515. The number of alkyl halides is 3. The molecule has 0 aliphatic rings. The summed E-state index contributed by atoms with van der Waals surface area (Å²) in [6, 6.07) is 10.6. The number of rotatable bonds is 7. The van der Waals surface area contributed by atoms with E-state index in [0.717, 1.165) is 28.0 Å². The second kappa shape index (κ2) is 9.52. The molecule has 3 aromatic rings. The van der Waals surface area contributed by atoms with E-state index in [-0.39, 0.29) is 6.54 Å². The Balaban J connectivity index is 1.78. The number of carbonyl (C=O) groups excluding carboxylic acids is 2. The summed E-state index contributed by atoms with van der Waals surface area (Å²) in [7, 11) is 1.73. The molecule has 10 heteroatoms. The first-order chi connectivity index (χ1) is 14.7. The van der Waals surface area contributed by atoms with Crippen LogP contribution in [0.4, 0.5) is 18.9 Å². The standard InChI is InChI=1S/C21H18F3N3O2S2/c1-12-15(19(29)26-9-14-10-27-20(30-14)21(22,23)24)7-8-17(18(12)25-2)31-16-6-4-3-5-13(16)11-28/h3-8,10-11,25H,9H2,1-2H3,(H,26,29). The molecule has 5 nitrogen and oxygen atoms in total. The molecule has 0 atom stereocenters. The number of hydrogen-bond donors (Lipinski definition) is 2. The highest BCUT2D eigenvalue weighted by Gasteiger charge is 2.34. The molecule has 0 bridgehead atoms. The van der Waals surface area contributed by atoms with E-state index in [1.165, 1.54) is 11.8 Å². The van der Waals surface area contributed by atoms with E-state index in [0.29, 0.717) is 32.9 Å². The molecule has 0 saturated carbocycles. The number of thiazole rings is 1. The first-order valence-electron chi connectivity index (χ1n) is 9.08. The van der Waals surface area contributed by atoms with Crippen molar-refractivity contribution in [2.45, 2.75) is 29.4 Å². The Bertz CT molecular complexity index is 1110.